The van der Waals surface area contributed by atoms with Crippen molar-refractivity contribution in [2.45, 2.75) is 104 Å². The molecule has 2 rings (SSSR count). The summed E-state index contributed by atoms with van der Waals surface area (Å²) in [5.74, 6) is -0.105. The Balaban J connectivity index is 1.74. The molecule has 1 aromatic carbocycles. The maximum Gasteiger partial charge on any atom is 0.221 e. The van der Waals surface area contributed by atoms with E-state index in [2.05, 4.69) is 18.4 Å². The molecule has 0 bridgehead atoms. The van der Waals surface area contributed by atoms with Crippen LogP contribution >= 0.6 is 0 Å². The van der Waals surface area contributed by atoms with Crippen LogP contribution < -0.4 is 5.73 Å². The lowest BCUT2D eigenvalue weighted by Crippen LogP contribution is -2.14. The molecule has 0 radical (unpaired) electrons. The number of hydrogen-bond acceptors (Lipinski definition) is 2. The third-order valence-electron chi connectivity index (χ3n) is 6.02. The summed E-state index contributed by atoms with van der Waals surface area (Å²) in [6, 6.07) is 5.41. The largest absolute Gasteiger partial charge is 0.508 e. The molecule has 3 N–H and O–H groups in total. The number of aryl methyl sites for hydroxylation is 1. The summed E-state index contributed by atoms with van der Waals surface area (Å²) in [4.78, 5) is 11.5. The number of phenolic OH excluding ortho intramolecular Hbond substituents is 1. The van der Waals surface area contributed by atoms with E-state index in [1.165, 1.54) is 70.6 Å². The average Bonchev–Trinajstić information content (AvgIpc) is 2.93. The number of unbranched alkanes of at least 4 members (excludes halogenated alkanes) is 11. The molecule has 0 atom stereocenters. The molecular formula is C25H40N2O2. The Morgan fingerprint density at radius 3 is 2.03 bits per heavy atom. The summed E-state index contributed by atoms with van der Waals surface area (Å²) >= 11 is 0. The fourth-order valence-electron chi connectivity index (χ4n) is 4.34. The third kappa shape index (κ3) is 7.41. The average molecular weight is 401 g/mol. The van der Waals surface area contributed by atoms with E-state index in [9.17, 15) is 9.90 Å². The number of amides is 1. The Hall–Kier alpha value is -1.97. The van der Waals surface area contributed by atoms with Crippen molar-refractivity contribution in [2.24, 2.45) is 5.73 Å². The SMILES string of the molecule is CCCCCCCCCCCCCCn1c(C)c(CC(N)=O)c2cc(O)ccc21. The first kappa shape index (κ1) is 23.3. The van der Waals surface area contributed by atoms with Gasteiger partial charge in [-0.1, -0.05) is 77.6 Å². The summed E-state index contributed by atoms with van der Waals surface area (Å²) in [5.41, 5.74) is 8.56. The zero-order valence-corrected chi connectivity index (χ0v) is 18.5. The van der Waals surface area contributed by atoms with Crippen molar-refractivity contribution in [3.63, 3.8) is 0 Å². The molecule has 1 aromatic heterocycles. The predicted molar refractivity (Wildman–Crippen MR) is 122 cm³/mol. The molecule has 0 aliphatic rings. The molecule has 2 aromatic rings. The minimum Gasteiger partial charge on any atom is -0.508 e. The summed E-state index contributed by atoms with van der Waals surface area (Å²) in [6.07, 6.45) is 16.3. The molecule has 4 heteroatoms. The fraction of sp³-hybridized carbons (Fsp3) is 0.640. The molecule has 0 saturated heterocycles. The molecule has 1 heterocycles. The standard InChI is InChI=1S/C25H40N2O2/c1-3-4-5-6-7-8-9-10-11-12-13-14-17-27-20(2)22(19-25(26)29)23-18-21(28)15-16-24(23)27/h15-16,18,28H,3-14,17,19H2,1-2H3,(H2,26,29). The van der Waals surface area contributed by atoms with E-state index in [0.717, 1.165) is 35.1 Å². The van der Waals surface area contributed by atoms with Crippen molar-refractivity contribution in [3.05, 3.63) is 29.5 Å². The zero-order valence-electron chi connectivity index (χ0n) is 18.5. The molecule has 1 amide bonds. The van der Waals surface area contributed by atoms with Crippen LogP contribution in [-0.4, -0.2) is 15.6 Å². The van der Waals surface area contributed by atoms with Gasteiger partial charge in [0.25, 0.3) is 0 Å². The molecule has 29 heavy (non-hydrogen) atoms. The van der Waals surface area contributed by atoms with E-state index in [-0.39, 0.29) is 18.1 Å². The van der Waals surface area contributed by atoms with Crippen LogP contribution in [0.2, 0.25) is 0 Å². The van der Waals surface area contributed by atoms with Crippen LogP contribution in [0.3, 0.4) is 0 Å². The second-order valence-corrected chi connectivity index (χ2v) is 8.45. The topological polar surface area (TPSA) is 68.2 Å². The van der Waals surface area contributed by atoms with Crippen LogP contribution in [0.4, 0.5) is 0 Å². The van der Waals surface area contributed by atoms with Crippen molar-refractivity contribution in [1.82, 2.24) is 4.57 Å². The van der Waals surface area contributed by atoms with Gasteiger partial charge in [0.05, 0.1) is 6.42 Å². The molecule has 162 valence electrons. The lowest BCUT2D eigenvalue weighted by molar-refractivity contribution is -0.117. The molecule has 4 nitrogen and oxygen atoms in total. The number of carbonyl (C=O) groups excluding carboxylic acids is 1. The molecule has 0 aliphatic heterocycles. The third-order valence-corrected chi connectivity index (χ3v) is 6.02. The highest BCUT2D eigenvalue weighted by Crippen LogP contribution is 2.30. The first-order chi connectivity index (χ1) is 14.0. The van der Waals surface area contributed by atoms with E-state index in [4.69, 9.17) is 5.73 Å². The van der Waals surface area contributed by atoms with Crippen molar-refractivity contribution in [3.8, 4) is 5.75 Å². The van der Waals surface area contributed by atoms with E-state index in [0.29, 0.717) is 0 Å². The van der Waals surface area contributed by atoms with Crippen molar-refractivity contribution < 1.29 is 9.90 Å². The number of aromatic hydroxyl groups is 1. The molecule has 0 fully saturated rings. The van der Waals surface area contributed by atoms with E-state index < -0.39 is 0 Å². The maximum absolute atomic E-state index is 11.5. The van der Waals surface area contributed by atoms with Gasteiger partial charge in [-0.25, -0.2) is 0 Å². The second-order valence-electron chi connectivity index (χ2n) is 8.45. The van der Waals surface area contributed by atoms with Gasteiger partial charge in [-0.05, 0) is 37.1 Å². The number of nitrogens with zero attached hydrogens (tertiary/aromatic N) is 1. The maximum atomic E-state index is 11.5. The van der Waals surface area contributed by atoms with Gasteiger partial charge in [0.1, 0.15) is 5.75 Å². The van der Waals surface area contributed by atoms with Crippen LogP contribution in [0.15, 0.2) is 18.2 Å². The number of hydrogen-bond donors (Lipinski definition) is 2. The fourth-order valence-corrected chi connectivity index (χ4v) is 4.34. The number of carbonyl (C=O) groups is 1. The zero-order chi connectivity index (χ0) is 21.1. The quantitative estimate of drug-likeness (QED) is 0.340. The van der Waals surface area contributed by atoms with Crippen LogP contribution in [0.25, 0.3) is 10.9 Å². The number of phenols is 1. The van der Waals surface area contributed by atoms with Crippen LogP contribution in [0.5, 0.6) is 5.75 Å². The number of fused-ring (bicyclic) bond motifs is 1. The number of rotatable bonds is 15. The minimum atomic E-state index is -0.333. The summed E-state index contributed by atoms with van der Waals surface area (Å²) in [5, 5.41) is 10.8. The number of nitrogens with two attached hydrogens (primary N) is 1. The lowest BCUT2D eigenvalue weighted by atomic mass is 10.1. The van der Waals surface area contributed by atoms with Gasteiger partial charge in [0, 0.05) is 23.1 Å². The highest BCUT2D eigenvalue weighted by atomic mass is 16.3. The van der Waals surface area contributed by atoms with Crippen molar-refractivity contribution in [2.75, 3.05) is 0 Å². The summed E-state index contributed by atoms with van der Waals surface area (Å²) < 4.78 is 2.28. The van der Waals surface area contributed by atoms with E-state index in [1.807, 2.05) is 6.07 Å². The first-order valence-electron chi connectivity index (χ1n) is 11.6. The lowest BCUT2D eigenvalue weighted by Gasteiger charge is -2.09. The number of aromatic nitrogens is 1. The van der Waals surface area contributed by atoms with Gasteiger partial charge < -0.3 is 15.4 Å². The first-order valence-corrected chi connectivity index (χ1v) is 11.6. The highest BCUT2D eigenvalue weighted by Gasteiger charge is 2.16. The Bertz CT molecular complexity index is 764. The van der Waals surface area contributed by atoms with Crippen LogP contribution in [-0.2, 0) is 17.8 Å². The predicted octanol–water partition coefficient (Wildman–Crippen LogP) is 6.38. The smallest absolute Gasteiger partial charge is 0.221 e. The monoisotopic (exact) mass is 400 g/mol. The second kappa shape index (κ2) is 12.6. The Morgan fingerprint density at radius 2 is 1.48 bits per heavy atom. The van der Waals surface area contributed by atoms with Crippen LogP contribution in [0.1, 0.15) is 95.2 Å². The summed E-state index contributed by atoms with van der Waals surface area (Å²) in [6.45, 7) is 5.27. The van der Waals surface area contributed by atoms with Gasteiger partial charge in [0.15, 0.2) is 0 Å². The Morgan fingerprint density at radius 1 is 0.931 bits per heavy atom. The van der Waals surface area contributed by atoms with Crippen LogP contribution in [0, 0.1) is 6.92 Å². The minimum absolute atomic E-state index is 0.219. The van der Waals surface area contributed by atoms with Gasteiger partial charge in [-0.15, -0.1) is 0 Å². The molecular weight excluding hydrogens is 360 g/mol. The van der Waals surface area contributed by atoms with Crippen molar-refractivity contribution >= 4 is 16.8 Å². The van der Waals surface area contributed by atoms with E-state index >= 15 is 0 Å². The van der Waals surface area contributed by atoms with Gasteiger partial charge in [0.2, 0.25) is 5.91 Å². The number of primary amides is 1. The van der Waals surface area contributed by atoms with Gasteiger partial charge in [-0.3, -0.25) is 4.79 Å². The number of benzene rings is 1. The molecule has 0 spiro atoms. The normalized spacial score (nSPS) is 11.4. The highest BCUT2D eigenvalue weighted by molar-refractivity contribution is 5.91. The Kier molecular flexibility index (Phi) is 10.1. The van der Waals surface area contributed by atoms with Crippen molar-refractivity contribution in [1.29, 1.82) is 0 Å². The van der Waals surface area contributed by atoms with E-state index in [1.54, 1.807) is 12.1 Å². The Labute approximate surface area is 176 Å². The molecule has 0 aliphatic carbocycles. The van der Waals surface area contributed by atoms with Gasteiger partial charge >= 0.3 is 0 Å². The van der Waals surface area contributed by atoms with Gasteiger partial charge in [-0.2, -0.15) is 0 Å². The molecule has 0 unspecified atom stereocenters. The molecule has 0 saturated carbocycles. The summed E-state index contributed by atoms with van der Waals surface area (Å²) in [7, 11) is 0.